The lowest BCUT2D eigenvalue weighted by molar-refractivity contribution is 0.252. The molecule has 0 saturated heterocycles. The van der Waals surface area contributed by atoms with E-state index in [0.29, 0.717) is 41.7 Å². The molecule has 0 aromatic carbocycles. The van der Waals surface area contributed by atoms with Crippen molar-refractivity contribution in [3.63, 3.8) is 0 Å². The number of rotatable bonds is 5. The van der Waals surface area contributed by atoms with E-state index >= 15 is 0 Å². The zero-order valence-electron chi connectivity index (χ0n) is 13.5. The number of nitrogens with one attached hydrogen (secondary N) is 2. The number of carbonyl (C=O) groups is 1. The van der Waals surface area contributed by atoms with Gasteiger partial charge in [0.05, 0.1) is 5.69 Å². The van der Waals surface area contributed by atoms with Gasteiger partial charge in [-0.25, -0.2) is 14.3 Å². The van der Waals surface area contributed by atoms with Crippen molar-refractivity contribution in [2.24, 2.45) is 0 Å². The van der Waals surface area contributed by atoms with Crippen molar-refractivity contribution in [2.45, 2.75) is 6.42 Å². The maximum absolute atomic E-state index is 12.0. The van der Waals surface area contributed by atoms with Crippen LogP contribution in [0.1, 0.15) is 5.82 Å². The Balaban J connectivity index is 1.31. The number of nitrogens with zero attached hydrogens (tertiary/aromatic N) is 6. The summed E-state index contributed by atoms with van der Waals surface area (Å²) in [7, 11) is 0. The quantitative estimate of drug-likeness (QED) is 0.559. The highest BCUT2D eigenvalue weighted by atomic mass is 16.5. The van der Waals surface area contributed by atoms with Gasteiger partial charge < -0.3 is 15.2 Å². The van der Waals surface area contributed by atoms with Crippen molar-refractivity contribution < 1.29 is 9.32 Å². The summed E-state index contributed by atoms with van der Waals surface area (Å²) in [5.41, 5.74) is 1.75. The topological polar surface area (TPSA) is 123 Å². The highest BCUT2D eigenvalue weighted by Crippen LogP contribution is 2.14. The molecular weight excluding hydrogens is 336 g/mol. The molecule has 4 rings (SSSR count). The molecule has 0 bridgehead atoms. The first-order chi connectivity index (χ1) is 12.8. The van der Waals surface area contributed by atoms with Gasteiger partial charge in [-0.05, 0) is 24.3 Å². The molecule has 4 aromatic heterocycles. The summed E-state index contributed by atoms with van der Waals surface area (Å²) >= 11 is 0. The van der Waals surface area contributed by atoms with Gasteiger partial charge in [-0.3, -0.25) is 4.98 Å². The van der Waals surface area contributed by atoms with Crippen LogP contribution in [-0.4, -0.2) is 42.3 Å². The minimum absolute atomic E-state index is 0.350. The molecule has 2 N–H and O–H groups in total. The zero-order valence-corrected chi connectivity index (χ0v) is 13.5. The molecule has 0 fully saturated rings. The summed E-state index contributed by atoms with van der Waals surface area (Å²) in [5.74, 6) is 0.842. The van der Waals surface area contributed by atoms with Gasteiger partial charge in [-0.2, -0.15) is 10.1 Å². The normalized spacial score (nSPS) is 10.8. The van der Waals surface area contributed by atoms with Gasteiger partial charge in [-0.1, -0.05) is 11.2 Å². The van der Waals surface area contributed by atoms with Crippen LogP contribution in [0.2, 0.25) is 0 Å². The molecule has 2 amide bonds. The number of anilines is 1. The molecule has 0 saturated carbocycles. The number of carbonyl (C=O) groups excluding carboxylic acids is 1. The number of pyridine rings is 2. The van der Waals surface area contributed by atoms with Gasteiger partial charge in [0.1, 0.15) is 12.0 Å². The third kappa shape index (κ3) is 3.34. The van der Waals surface area contributed by atoms with Gasteiger partial charge in [0.15, 0.2) is 11.5 Å². The van der Waals surface area contributed by atoms with Gasteiger partial charge in [0.2, 0.25) is 0 Å². The predicted octanol–water partition coefficient (Wildman–Crippen LogP) is 1.54. The Labute approximate surface area is 147 Å². The van der Waals surface area contributed by atoms with Crippen LogP contribution >= 0.6 is 0 Å². The summed E-state index contributed by atoms with van der Waals surface area (Å²) < 4.78 is 6.75. The average Bonchev–Trinajstić information content (AvgIpc) is 3.32. The number of urea groups is 1. The second-order valence-corrected chi connectivity index (χ2v) is 5.31. The van der Waals surface area contributed by atoms with Crippen molar-refractivity contribution in [1.29, 1.82) is 0 Å². The van der Waals surface area contributed by atoms with Crippen molar-refractivity contribution in [3.8, 4) is 11.6 Å². The molecule has 26 heavy (non-hydrogen) atoms. The Hall–Kier alpha value is -3.82. The number of hydrogen-bond acceptors (Lipinski definition) is 7. The number of hydrogen-bond donors (Lipinski definition) is 2. The highest BCUT2D eigenvalue weighted by molar-refractivity contribution is 5.92. The zero-order chi connectivity index (χ0) is 17.8. The van der Waals surface area contributed by atoms with E-state index in [4.69, 9.17) is 4.52 Å². The standard InChI is InChI=1S/C16H14N8O2/c25-16(21-11-5-3-9-24-14(11)19-10-20-24)18-8-6-13-22-15(26-23-13)12-4-1-2-7-17-12/h1-5,7,9-10H,6,8H2,(H2,18,21,25). The number of aromatic nitrogens is 6. The molecular formula is C16H14N8O2. The Morgan fingerprint density at radius 3 is 3.04 bits per heavy atom. The molecule has 0 spiro atoms. The summed E-state index contributed by atoms with van der Waals surface area (Å²) in [6.07, 6.45) is 5.26. The van der Waals surface area contributed by atoms with Crippen LogP contribution in [0.3, 0.4) is 0 Å². The molecule has 0 aliphatic rings. The second-order valence-electron chi connectivity index (χ2n) is 5.31. The molecule has 0 unspecified atom stereocenters. The van der Waals surface area contributed by atoms with Crippen LogP contribution in [-0.2, 0) is 6.42 Å². The Morgan fingerprint density at radius 1 is 1.19 bits per heavy atom. The van der Waals surface area contributed by atoms with Crippen LogP contribution < -0.4 is 10.6 Å². The predicted molar refractivity (Wildman–Crippen MR) is 91.2 cm³/mol. The van der Waals surface area contributed by atoms with Crippen LogP contribution in [0.25, 0.3) is 17.2 Å². The monoisotopic (exact) mass is 350 g/mol. The number of fused-ring (bicyclic) bond motifs is 1. The fourth-order valence-electron chi connectivity index (χ4n) is 2.35. The van der Waals surface area contributed by atoms with E-state index in [1.54, 1.807) is 35.1 Å². The van der Waals surface area contributed by atoms with Crippen molar-refractivity contribution in [1.82, 2.24) is 35.0 Å². The smallest absolute Gasteiger partial charge is 0.319 e. The second kappa shape index (κ2) is 6.97. The van der Waals surface area contributed by atoms with E-state index in [9.17, 15) is 4.79 Å². The first-order valence-corrected chi connectivity index (χ1v) is 7.87. The van der Waals surface area contributed by atoms with Gasteiger partial charge in [0, 0.05) is 25.4 Å². The molecule has 130 valence electrons. The summed E-state index contributed by atoms with van der Waals surface area (Å²) in [4.78, 5) is 24.6. The van der Waals surface area contributed by atoms with E-state index < -0.39 is 0 Å². The maximum Gasteiger partial charge on any atom is 0.319 e. The lowest BCUT2D eigenvalue weighted by Crippen LogP contribution is -2.30. The molecule has 10 nitrogen and oxygen atoms in total. The summed E-state index contributed by atoms with van der Waals surface area (Å²) in [6.45, 7) is 0.350. The van der Waals surface area contributed by atoms with Crippen LogP contribution in [0.5, 0.6) is 0 Å². The maximum atomic E-state index is 12.0. The Morgan fingerprint density at radius 2 is 2.15 bits per heavy atom. The molecule has 0 radical (unpaired) electrons. The lowest BCUT2D eigenvalue weighted by Gasteiger charge is -2.07. The molecule has 0 atom stereocenters. The summed E-state index contributed by atoms with van der Waals surface area (Å²) in [5, 5.41) is 13.4. The molecule has 0 aliphatic carbocycles. The average molecular weight is 350 g/mol. The minimum Gasteiger partial charge on any atom is -0.337 e. The lowest BCUT2D eigenvalue weighted by atomic mass is 10.3. The third-order valence-electron chi connectivity index (χ3n) is 3.54. The van der Waals surface area contributed by atoms with E-state index in [1.165, 1.54) is 6.33 Å². The van der Waals surface area contributed by atoms with Crippen molar-refractivity contribution in [2.75, 3.05) is 11.9 Å². The summed E-state index contributed by atoms with van der Waals surface area (Å²) in [6, 6.07) is 8.61. The fourth-order valence-corrected chi connectivity index (χ4v) is 2.35. The van der Waals surface area contributed by atoms with Gasteiger partial charge in [0.25, 0.3) is 5.89 Å². The van der Waals surface area contributed by atoms with Crippen molar-refractivity contribution in [3.05, 3.63) is 54.9 Å². The Bertz CT molecular complexity index is 1030. The minimum atomic E-state index is -0.352. The third-order valence-corrected chi connectivity index (χ3v) is 3.54. The molecule has 4 heterocycles. The van der Waals surface area contributed by atoms with Crippen LogP contribution in [0.15, 0.2) is 53.6 Å². The van der Waals surface area contributed by atoms with Gasteiger partial charge in [-0.15, -0.1) is 0 Å². The molecule has 0 aliphatic heterocycles. The molecule has 10 heteroatoms. The Kier molecular flexibility index (Phi) is 4.21. The van der Waals surface area contributed by atoms with E-state index in [0.717, 1.165) is 0 Å². The van der Waals surface area contributed by atoms with E-state index in [2.05, 4.69) is 35.8 Å². The largest absolute Gasteiger partial charge is 0.337 e. The van der Waals surface area contributed by atoms with Crippen molar-refractivity contribution >= 4 is 17.4 Å². The fraction of sp³-hybridized carbons (Fsp3) is 0.125. The first kappa shape index (κ1) is 15.7. The van der Waals surface area contributed by atoms with E-state index in [-0.39, 0.29) is 6.03 Å². The van der Waals surface area contributed by atoms with Gasteiger partial charge >= 0.3 is 6.03 Å². The highest BCUT2D eigenvalue weighted by Gasteiger charge is 2.11. The first-order valence-electron chi connectivity index (χ1n) is 7.87. The molecule has 4 aromatic rings. The van der Waals surface area contributed by atoms with Crippen LogP contribution in [0, 0.1) is 0 Å². The number of amides is 2. The SMILES string of the molecule is O=C(NCCc1noc(-c2ccccn2)n1)Nc1cccn2ncnc12. The van der Waals surface area contributed by atoms with E-state index in [1.807, 2.05) is 12.1 Å². The van der Waals surface area contributed by atoms with Crippen LogP contribution in [0.4, 0.5) is 10.5 Å².